The average Bonchev–Trinajstić information content (AvgIpc) is 3.54. The molecule has 2 aliphatic heterocycles. The highest BCUT2D eigenvalue weighted by Crippen LogP contribution is 2.38. The monoisotopic (exact) mass is 577 g/mol. The van der Waals surface area contributed by atoms with Crippen LogP contribution in [0, 0.1) is 0 Å². The number of piperidine rings is 1. The van der Waals surface area contributed by atoms with Gasteiger partial charge in [0.05, 0.1) is 5.56 Å². The van der Waals surface area contributed by atoms with Gasteiger partial charge in [0.1, 0.15) is 28.7 Å². The summed E-state index contributed by atoms with van der Waals surface area (Å²) in [6.45, 7) is 4.07. The second-order valence-corrected chi connectivity index (χ2v) is 11.2. The number of fused-ring (bicyclic) bond motifs is 2. The number of nitrogen functional groups attached to an aromatic ring is 1. The van der Waals surface area contributed by atoms with Crippen molar-refractivity contribution in [3.05, 3.63) is 71.4 Å². The van der Waals surface area contributed by atoms with Crippen LogP contribution in [0.4, 0.5) is 24.8 Å². The van der Waals surface area contributed by atoms with E-state index in [1.807, 2.05) is 15.5 Å². The maximum atomic E-state index is 13.4. The number of benzene rings is 1. The topological polar surface area (TPSA) is 119 Å². The molecule has 2 aliphatic rings. The van der Waals surface area contributed by atoms with E-state index < -0.39 is 17.6 Å². The maximum absolute atomic E-state index is 13.4. The Morgan fingerprint density at radius 1 is 1.10 bits per heavy atom. The summed E-state index contributed by atoms with van der Waals surface area (Å²) in [5, 5.41) is 2.50. The quantitative estimate of drug-likeness (QED) is 0.317. The summed E-state index contributed by atoms with van der Waals surface area (Å²) < 4.78 is 42.2. The van der Waals surface area contributed by atoms with Crippen molar-refractivity contribution in [2.75, 3.05) is 17.6 Å². The molecule has 9 nitrogen and oxygen atoms in total. The van der Waals surface area contributed by atoms with Crippen LogP contribution in [0.2, 0.25) is 0 Å². The molecule has 42 heavy (non-hydrogen) atoms. The van der Waals surface area contributed by atoms with Crippen molar-refractivity contribution < 1.29 is 22.8 Å². The molecule has 6 rings (SSSR count). The van der Waals surface area contributed by atoms with Gasteiger partial charge in [-0.3, -0.25) is 14.0 Å². The molecule has 0 saturated carbocycles. The first-order chi connectivity index (χ1) is 20.0. The van der Waals surface area contributed by atoms with Gasteiger partial charge in [0.15, 0.2) is 0 Å². The van der Waals surface area contributed by atoms with Gasteiger partial charge in [-0.15, -0.1) is 0 Å². The van der Waals surface area contributed by atoms with Crippen LogP contribution in [-0.2, 0) is 11.0 Å². The van der Waals surface area contributed by atoms with Crippen LogP contribution in [-0.4, -0.2) is 48.7 Å². The van der Waals surface area contributed by atoms with E-state index in [9.17, 15) is 22.8 Å². The molecule has 0 radical (unpaired) electrons. The van der Waals surface area contributed by atoms with Crippen molar-refractivity contribution in [2.45, 2.75) is 63.6 Å². The van der Waals surface area contributed by atoms with Gasteiger partial charge in [0.25, 0.3) is 5.91 Å². The molecule has 2 fully saturated rings. The Labute approximate surface area is 240 Å². The van der Waals surface area contributed by atoms with E-state index in [4.69, 9.17) is 10.7 Å². The van der Waals surface area contributed by atoms with E-state index in [0.717, 1.165) is 37.2 Å². The van der Waals surface area contributed by atoms with Gasteiger partial charge in [0, 0.05) is 54.1 Å². The molecule has 4 aromatic rings. The van der Waals surface area contributed by atoms with Crippen LogP contribution in [0.1, 0.15) is 78.8 Å². The number of halogens is 3. The van der Waals surface area contributed by atoms with Gasteiger partial charge in [-0.2, -0.15) is 13.2 Å². The van der Waals surface area contributed by atoms with E-state index >= 15 is 0 Å². The lowest BCUT2D eigenvalue weighted by atomic mass is 9.92. The van der Waals surface area contributed by atoms with Gasteiger partial charge in [0.2, 0.25) is 5.91 Å². The van der Waals surface area contributed by atoms with Crippen molar-refractivity contribution in [3.8, 4) is 11.3 Å². The number of anilines is 2. The first-order valence-electron chi connectivity index (χ1n) is 13.9. The fraction of sp³-hybridized carbons (Fsp3) is 0.367. The highest BCUT2D eigenvalue weighted by molar-refractivity contribution is 6.04. The predicted molar refractivity (Wildman–Crippen MR) is 151 cm³/mol. The zero-order chi connectivity index (χ0) is 29.8. The number of aromatic nitrogens is 4. The lowest BCUT2D eigenvalue weighted by Crippen LogP contribution is -2.41. The Bertz CT molecular complexity index is 1680. The molecule has 0 aliphatic carbocycles. The number of amides is 2. The Balaban J connectivity index is 1.28. The molecule has 5 heterocycles. The summed E-state index contributed by atoms with van der Waals surface area (Å²) in [6, 6.07) is 8.71. The smallest absolute Gasteiger partial charge is 0.382 e. The Morgan fingerprint density at radius 3 is 2.57 bits per heavy atom. The number of nitrogens with one attached hydrogen (secondary N) is 1. The number of carbonyl (C=O) groups excluding carboxylic acids is 2. The summed E-state index contributed by atoms with van der Waals surface area (Å²) in [5.41, 5.74) is 7.82. The molecule has 2 atom stereocenters. The second-order valence-electron chi connectivity index (χ2n) is 11.2. The molecular weight excluding hydrogens is 547 g/mol. The zero-order valence-corrected chi connectivity index (χ0v) is 23.2. The highest BCUT2D eigenvalue weighted by atomic mass is 19.4. The number of nitrogens with two attached hydrogens (primary N) is 1. The Kier molecular flexibility index (Phi) is 6.86. The van der Waals surface area contributed by atoms with Gasteiger partial charge >= 0.3 is 6.18 Å². The number of nitrogens with zero attached hydrogens (tertiary/aromatic N) is 5. The summed E-state index contributed by atoms with van der Waals surface area (Å²) in [7, 11) is 0. The lowest BCUT2D eigenvalue weighted by Gasteiger charge is -2.34. The van der Waals surface area contributed by atoms with Gasteiger partial charge in [-0.1, -0.05) is 26.0 Å². The molecule has 1 aromatic carbocycles. The number of pyridine rings is 1. The molecular formula is C30H30F3N7O2. The normalized spacial score (nSPS) is 19.0. The van der Waals surface area contributed by atoms with Crippen molar-refractivity contribution in [2.24, 2.45) is 0 Å². The number of carbonyl (C=O) groups is 2. The molecule has 218 valence electrons. The molecule has 3 aromatic heterocycles. The zero-order valence-electron chi connectivity index (χ0n) is 23.2. The van der Waals surface area contributed by atoms with Crippen LogP contribution in [0.3, 0.4) is 0 Å². The molecule has 12 heteroatoms. The fourth-order valence-electron chi connectivity index (χ4n) is 5.90. The third-order valence-electron chi connectivity index (χ3n) is 8.12. The van der Waals surface area contributed by atoms with Crippen LogP contribution in [0.15, 0.2) is 48.8 Å². The minimum absolute atomic E-state index is 0.0343. The molecule has 3 N–H and O–H groups in total. The minimum Gasteiger partial charge on any atom is -0.382 e. The standard InChI is InChI=1S/C30H30F3N7O2/c1-16(2)22-13-20(30(31,32)33)14-23(36-22)37-29(42)18-5-3-17(4-6-18)25-26-27(34)35-11-12-39(26)28(38-25)19-7-8-21-9-10-24(41)40(21)15-19/h3-6,11-14,16,19,21H,7-10,15H2,1-2H3,(H2,34,35)(H,36,37,42)/t19-,21+/m1/s1. The minimum atomic E-state index is -4.57. The third kappa shape index (κ3) is 5.05. The highest BCUT2D eigenvalue weighted by Gasteiger charge is 2.38. The third-order valence-corrected chi connectivity index (χ3v) is 8.12. The van der Waals surface area contributed by atoms with Crippen LogP contribution in [0.25, 0.3) is 16.8 Å². The summed E-state index contributed by atoms with van der Waals surface area (Å²) in [5.74, 6) is 0.295. The van der Waals surface area contributed by atoms with Crippen LogP contribution >= 0.6 is 0 Å². The molecule has 0 bridgehead atoms. The van der Waals surface area contributed by atoms with Gasteiger partial charge in [-0.25, -0.2) is 15.0 Å². The largest absolute Gasteiger partial charge is 0.416 e. The second kappa shape index (κ2) is 10.4. The van der Waals surface area contributed by atoms with E-state index in [-0.39, 0.29) is 34.8 Å². The van der Waals surface area contributed by atoms with E-state index in [2.05, 4.69) is 15.3 Å². The number of imidazole rings is 1. The number of hydrogen-bond donors (Lipinski definition) is 2. The molecule has 0 unspecified atom stereocenters. The van der Waals surface area contributed by atoms with Gasteiger partial charge < -0.3 is 16.0 Å². The van der Waals surface area contributed by atoms with Crippen molar-refractivity contribution in [1.29, 1.82) is 0 Å². The van der Waals surface area contributed by atoms with Gasteiger partial charge in [-0.05, 0) is 49.4 Å². The van der Waals surface area contributed by atoms with E-state index in [1.165, 1.54) is 0 Å². The molecule has 0 spiro atoms. The number of alkyl halides is 3. The SMILES string of the molecule is CC(C)c1cc(C(F)(F)F)cc(NC(=O)c2ccc(-c3nc([C@@H]4CC[C@H]5CCC(=O)N5C4)n4ccnc(N)c34)cc2)n1. The summed E-state index contributed by atoms with van der Waals surface area (Å²) >= 11 is 0. The Morgan fingerprint density at radius 2 is 1.86 bits per heavy atom. The summed E-state index contributed by atoms with van der Waals surface area (Å²) in [6.07, 6.45) is 2.17. The van der Waals surface area contributed by atoms with Crippen molar-refractivity contribution in [3.63, 3.8) is 0 Å². The number of rotatable bonds is 5. The summed E-state index contributed by atoms with van der Waals surface area (Å²) in [4.78, 5) is 40.8. The first-order valence-corrected chi connectivity index (χ1v) is 13.9. The first kappa shape index (κ1) is 27.7. The average molecular weight is 578 g/mol. The van der Waals surface area contributed by atoms with E-state index in [0.29, 0.717) is 41.6 Å². The van der Waals surface area contributed by atoms with Crippen molar-refractivity contribution in [1.82, 2.24) is 24.3 Å². The van der Waals surface area contributed by atoms with Crippen LogP contribution in [0.5, 0.6) is 0 Å². The molecule has 2 amide bonds. The predicted octanol–water partition coefficient (Wildman–Crippen LogP) is 5.64. The maximum Gasteiger partial charge on any atom is 0.416 e. The Hall–Kier alpha value is -4.48. The van der Waals surface area contributed by atoms with E-state index in [1.54, 1.807) is 44.3 Å². The van der Waals surface area contributed by atoms with Crippen LogP contribution < -0.4 is 11.1 Å². The van der Waals surface area contributed by atoms with Crippen molar-refractivity contribution >= 4 is 29.0 Å². The molecule has 2 saturated heterocycles. The lowest BCUT2D eigenvalue weighted by molar-refractivity contribution is -0.137. The number of hydrogen-bond acceptors (Lipinski definition) is 6. The fourth-order valence-corrected chi connectivity index (χ4v) is 5.90.